The monoisotopic (exact) mass is 242 g/mol. The highest BCUT2D eigenvalue weighted by molar-refractivity contribution is 6.32. The summed E-state index contributed by atoms with van der Waals surface area (Å²) in [5, 5.41) is 0.0870. The Morgan fingerprint density at radius 2 is 2.06 bits per heavy atom. The van der Waals surface area contributed by atoms with Crippen LogP contribution in [0.25, 0.3) is 0 Å². The van der Waals surface area contributed by atoms with Gasteiger partial charge in [0, 0.05) is 13.1 Å². The number of carbonyl (C=O) groups is 1. The molecule has 7 heteroatoms. The Kier molecular flexibility index (Phi) is 3.21. The van der Waals surface area contributed by atoms with Crippen LogP contribution in [0.1, 0.15) is 10.4 Å². The fraction of sp³-hybridized carbons (Fsp3) is 0.444. The maximum absolute atomic E-state index is 10.9. The molecule has 1 aliphatic heterocycles. The minimum absolute atomic E-state index is 0.0668. The molecule has 16 heavy (non-hydrogen) atoms. The number of carbonyl (C=O) groups excluding carboxylic acids is 1. The summed E-state index contributed by atoms with van der Waals surface area (Å²) in [5.41, 5.74) is 5.78. The average molecular weight is 243 g/mol. The molecule has 1 aromatic rings. The standard InChI is InChI=1S/C9H11ClN4O2/c10-7-6(5-15)8(13-9(11)12-7)14-1-3-16-4-2-14/h5H,1-4H2,(H2,11,12,13). The quantitative estimate of drug-likeness (QED) is 0.596. The van der Waals surface area contributed by atoms with Gasteiger partial charge in [-0.1, -0.05) is 11.6 Å². The molecule has 0 aliphatic carbocycles. The summed E-state index contributed by atoms with van der Waals surface area (Å²) in [6, 6.07) is 0. The van der Waals surface area contributed by atoms with E-state index < -0.39 is 0 Å². The molecule has 0 saturated carbocycles. The van der Waals surface area contributed by atoms with Crippen molar-refractivity contribution in [2.75, 3.05) is 36.9 Å². The fourth-order valence-corrected chi connectivity index (χ4v) is 1.78. The van der Waals surface area contributed by atoms with E-state index in [-0.39, 0.29) is 16.7 Å². The third-order valence-corrected chi connectivity index (χ3v) is 2.61. The lowest BCUT2D eigenvalue weighted by atomic mass is 10.3. The van der Waals surface area contributed by atoms with Crippen LogP contribution in [0.5, 0.6) is 0 Å². The van der Waals surface area contributed by atoms with E-state index >= 15 is 0 Å². The van der Waals surface area contributed by atoms with Crippen LogP contribution < -0.4 is 10.6 Å². The highest BCUT2D eigenvalue weighted by Gasteiger charge is 2.19. The van der Waals surface area contributed by atoms with Crippen LogP contribution in [-0.2, 0) is 4.74 Å². The molecule has 0 atom stereocenters. The largest absolute Gasteiger partial charge is 0.378 e. The number of nitrogens with two attached hydrogens (primary N) is 1. The lowest BCUT2D eigenvalue weighted by Gasteiger charge is -2.28. The number of nitrogens with zero attached hydrogens (tertiary/aromatic N) is 3. The van der Waals surface area contributed by atoms with E-state index in [2.05, 4.69) is 9.97 Å². The van der Waals surface area contributed by atoms with Gasteiger partial charge in [-0.3, -0.25) is 4.79 Å². The summed E-state index contributed by atoms with van der Waals surface area (Å²) in [4.78, 5) is 20.6. The number of aromatic nitrogens is 2. The van der Waals surface area contributed by atoms with Crippen molar-refractivity contribution in [1.82, 2.24) is 9.97 Å². The van der Waals surface area contributed by atoms with Gasteiger partial charge in [-0.15, -0.1) is 0 Å². The van der Waals surface area contributed by atoms with Crippen LogP contribution >= 0.6 is 11.6 Å². The molecule has 1 saturated heterocycles. The molecule has 6 nitrogen and oxygen atoms in total. The Morgan fingerprint density at radius 1 is 1.38 bits per heavy atom. The first-order valence-electron chi connectivity index (χ1n) is 4.83. The molecular formula is C9H11ClN4O2. The minimum atomic E-state index is 0.0668. The van der Waals surface area contributed by atoms with Crippen molar-refractivity contribution in [1.29, 1.82) is 0 Å². The Labute approximate surface area is 97.4 Å². The van der Waals surface area contributed by atoms with Gasteiger partial charge >= 0.3 is 0 Å². The van der Waals surface area contributed by atoms with Crippen LogP contribution in [0.3, 0.4) is 0 Å². The maximum atomic E-state index is 10.9. The van der Waals surface area contributed by atoms with Crippen molar-refractivity contribution in [2.24, 2.45) is 0 Å². The van der Waals surface area contributed by atoms with E-state index in [1.165, 1.54) is 0 Å². The first-order chi connectivity index (χ1) is 7.72. The molecule has 0 amide bonds. The summed E-state index contributed by atoms with van der Waals surface area (Å²) in [6.45, 7) is 2.51. The van der Waals surface area contributed by atoms with Gasteiger partial charge in [0.25, 0.3) is 0 Å². The molecule has 0 spiro atoms. The number of morpholine rings is 1. The zero-order valence-electron chi connectivity index (χ0n) is 8.52. The highest BCUT2D eigenvalue weighted by atomic mass is 35.5. The number of rotatable bonds is 2. The van der Waals surface area contributed by atoms with Gasteiger partial charge in [0.1, 0.15) is 11.0 Å². The topological polar surface area (TPSA) is 81.3 Å². The summed E-state index contributed by atoms with van der Waals surface area (Å²) in [6.07, 6.45) is 0.645. The molecule has 0 bridgehead atoms. The normalized spacial score (nSPS) is 16.2. The van der Waals surface area contributed by atoms with E-state index in [0.717, 1.165) is 0 Å². The second-order valence-corrected chi connectivity index (χ2v) is 3.69. The number of ether oxygens (including phenoxy) is 1. The maximum Gasteiger partial charge on any atom is 0.223 e. The lowest BCUT2D eigenvalue weighted by molar-refractivity contribution is 0.111. The number of hydrogen-bond acceptors (Lipinski definition) is 6. The molecule has 1 aliphatic rings. The van der Waals surface area contributed by atoms with Crippen molar-refractivity contribution in [3.8, 4) is 0 Å². The van der Waals surface area contributed by atoms with Crippen LogP contribution in [-0.4, -0.2) is 42.6 Å². The molecule has 0 radical (unpaired) electrons. The molecular weight excluding hydrogens is 232 g/mol. The Hall–Kier alpha value is -1.40. The summed E-state index contributed by atoms with van der Waals surface area (Å²) in [5.74, 6) is 0.549. The predicted octanol–water partition coefficient (Wildman–Crippen LogP) is 0.361. The number of aldehydes is 1. The van der Waals surface area contributed by atoms with Crippen molar-refractivity contribution in [3.63, 3.8) is 0 Å². The van der Waals surface area contributed by atoms with E-state index in [1.807, 2.05) is 4.90 Å². The summed E-state index contributed by atoms with van der Waals surface area (Å²) >= 11 is 5.83. The third kappa shape index (κ3) is 2.07. The Balaban J connectivity index is 2.40. The fourth-order valence-electron chi connectivity index (χ4n) is 1.56. The van der Waals surface area contributed by atoms with Gasteiger partial charge in [-0.2, -0.15) is 4.98 Å². The summed E-state index contributed by atoms with van der Waals surface area (Å²) in [7, 11) is 0. The Morgan fingerprint density at radius 3 is 2.69 bits per heavy atom. The second-order valence-electron chi connectivity index (χ2n) is 3.33. The number of halogens is 1. The lowest BCUT2D eigenvalue weighted by Crippen LogP contribution is -2.37. The van der Waals surface area contributed by atoms with Crippen molar-refractivity contribution in [3.05, 3.63) is 10.7 Å². The average Bonchev–Trinajstić information content (AvgIpc) is 2.29. The van der Waals surface area contributed by atoms with Gasteiger partial charge in [0.15, 0.2) is 6.29 Å². The van der Waals surface area contributed by atoms with E-state index in [4.69, 9.17) is 22.1 Å². The third-order valence-electron chi connectivity index (χ3n) is 2.32. The first kappa shape index (κ1) is 11.1. The van der Waals surface area contributed by atoms with Crippen molar-refractivity contribution in [2.45, 2.75) is 0 Å². The number of nitrogen functional groups attached to an aromatic ring is 1. The minimum Gasteiger partial charge on any atom is -0.378 e. The van der Waals surface area contributed by atoms with Crippen LogP contribution in [0.4, 0.5) is 11.8 Å². The Bertz CT molecular complexity index is 407. The van der Waals surface area contributed by atoms with Crippen LogP contribution in [0, 0.1) is 0 Å². The predicted molar refractivity (Wildman–Crippen MR) is 59.9 cm³/mol. The SMILES string of the molecule is Nc1nc(Cl)c(C=O)c(N2CCOCC2)n1. The zero-order valence-corrected chi connectivity index (χ0v) is 9.28. The van der Waals surface area contributed by atoms with Crippen LogP contribution in [0.15, 0.2) is 0 Å². The highest BCUT2D eigenvalue weighted by Crippen LogP contribution is 2.24. The van der Waals surface area contributed by atoms with E-state index in [9.17, 15) is 4.79 Å². The molecule has 1 fully saturated rings. The summed E-state index contributed by atoms with van der Waals surface area (Å²) < 4.78 is 5.22. The van der Waals surface area contributed by atoms with Gasteiger partial charge in [-0.05, 0) is 0 Å². The molecule has 2 rings (SSSR count). The van der Waals surface area contributed by atoms with Gasteiger partial charge < -0.3 is 15.4 Å². The number of hydrogen-bond donors (Lipinski definition) is 1. The van der Waals surface area contributed by atoms with Gasteiger partial charge in [0.2, 0.25) is 5.95 Å². The second kappa shape index (κ2) is 4.63. The number of anilines is 2. The molecule has 1 aromatic heterocycles. The molecule has 2 heterocycles. The van der Waals surface area contributed by atoms with E-state index in [0.29, 0.717) is 38.4 Å². The van der Waals surface area contributed by atoms with Gasteiger partial charge in [0.05, 0.1) is 18.8 Å². The zero-order chi connectivity index (χ0) is 11.5. The molecule has 0 aromatic carbocycles. The molecule has 2 N–H and O–H groups in total. The molecule has 86 valence electrons. The van der Waals surface area contributed by atoms with Gasteiger partial charge in [-0.25, -0.2) is 4.98 Å². The molecule has 0 unspecified atom stereocenters. The first-order valence-corrected chi connectivity index (χ1v) is 5.21. The van der Waals surface area contributed by atoms with Crippen molar-refractivity contribution >= 4 is 29.7 Å². The smallest absolute Gasteiger partial charge is 0.223 e. The van der Waals surface area contributed by atoms with Crippen LogP contribution in [0.2, 0.25) is 5.15 Å². The van der Waals surface area contributed by atoms with Crippen molar-refractivity contribution < 1.29 is 9.53 Å². The van der Waals surface area contributed by atoms with E-state index in [1.54, 1.807) is 0 Å².